The molecule has 1 aromatic heterocycles. The number of benzene rings is 2. The Labute approximate surface area is 185 Å². The number of aldehydes is 1. The van der Waals surface area contributed by atoms with Crippen molar-refractivity contribution < 1.29 is 27.9 Å². The molecule has 32 heavy (non-hydrogen) atoms. The van der Waals surface area contributed by atoms with Gasteiger partial charge in [0.15, 0.2) is 0 Å². The van der Waals surface area contributed by atoms with Crippen LogP contribution in [-0.4, -0.2) is 62.1 Å². The number of aliphatic carboxylic acids is 1. The van der Waals surface area contributed by atoms with E-state index in [1.165, 1.54) is 6.07 Å². The molecule has 2 N–H and O–H groups in total. The average Bonchev–Trinajstić information content (AvgIpc) is 3.15. The number of ether oxygens (including phenoxy) is 1. The van der Waals surface area contributed by atoms with E-state index in [2.05, 4.69) is 9.71 Å². The van der Waals surface area contributed by atoms with Gasteiger partial charge in [0, 0.05) is 25.8 Å². The zero-order valence-corrected chi connectivity index (χ0v) is 18.4. The first-order valence-electron chi connectivity index (χ1n) is 9.74. The van der Waals surface area contributed by atoms with E-state index in [1.807, 2.05) is 28.8 Å². The molecule has 0 amide bonds. The van der Waals surface area contributed by atoms with Crippen LogP contribution in [0.25, 0.3) is 11.0 Å². The van der Waals surface area contributed by atoms with Crippen molar-refractivity contribution >= 4 is 39.0 Å². The van der Waals surface area contributed by atoms with Gasteiger partial charge in [-0.25, -0.2) is 18.1 Å². The molecule has 3 rings (SSSR count). The van der Waals surface area contributed by atoms with Gasteiger partial charge in [0.2, 0.25) is 10.0 Å². The number of hydrogen-bond donors (Lipinski definition) is 2. The lowest BCUT2D eigenvalue weighted by Crippen LogP contribution is -2.37. The van der Waals surface area contributed by atoms with Gasteiger partial charge in [-0.3, -0.25) is 4.79 Å². The van der Waals surface area contributed by atoms with Crippen LogP contribution < -0.4 is 14.4 Å². The summed E-state index contributed by atoms with van der Waals surface area (Å²) in [6.45, 7) is 0.585. The fourth-order valence-electron chi connectivity index (χ4n) is 3.12. The number of aromatic nitrogens is 2. The molecule has 2 aromatic carbocycles. The number of rotatable bonds is 11. The Morgan fingerprint density at radius 1 is 1.28 bits per heavy atom. The van der Waals surface area contributed by atoms with Gasteiger partial charge < -0.3 is 24.1 Å². The summed E-state index contributed by atoms with van der Waals surface area (Å²) < 4.78 is 35.6. The topological polar surface area (TPSA) is 131 Å². The largest absolute Gasteiger partial charge is 0.490 e. The van der Waals surface area contributed by atoms with Gasteiger partial charge in [-0.1, -0.05) is 12.1 Å². The molecule has 0 aliphatic carbocycles. The lowest BCUT2D eigenvalue weighted by Gasteiger charge is -2.19. The summed E-state index contributed by atoms with van der Waals surface area (Å²) in [5.41, 5.74) is 2.48. The zero-order valence-electron chi connectivity index (χ0n) is 17.6. The number of para-hydroxylation sites is 2. The number of anilines is 1. The Kier molecular flexibility index (Phi) is 7.11. The van der Waals surface area contributed by atoms with E-state index in [0.717, 1.165) is 11.0 Å². The third kappa shape index (κ3) is 5.42. The molecule has 1 atom stereocenters. The first-order chi connectivity index (χ1) is 15.2. The van der Waals surface area contributed by atoms with Crippen LogP contribution in [0, 0.1) is 0 Å². The lowest BCUT2D eigenvalue weighted by atomic mass is 10.2. The molecule has 0 saturated heterocycles. The van der Waals surface area contributed by atoms with E-state index >= 15 is 0 Å². The molecule has 1 heterocycles. The SMILES string of the molecule is CN(C)c1ccc(S(=O)(=O)NC(C=O)CC(=O)O)c(OCCn2cnc3ccccc32)c1. The number of hydrogen-bond acceptors (Lipinski definition) is 7. The highest BCUT2D eigenvalue weighted by Crippen LogP contribution is 2.29. The third-order valence-electron chi connectivity index (χ3n) is 4.72. The molecular weight excluding hydrogens is 436 g/mol. The number of fused-ring (bicyclic) bond motifs is 1. The molecule has 0 aliphatic rings. The number of carbonyl (C=O) groups is 2. The van der Waals surface area contributed by atoms with Crippen molar-refractivity contribution in [3.63, 3.8) is 0 Å². The number of nitrogens with zero attached hydrogens (tertiary/aromatic N) is 3. The molecule has 0 radical (unpaired) electrons. The number of carbonyl (C=O) groups excluding carboxylic acids is 1. The van der Waals surface area contributed by atoms with Crippen LogP contribution in [0.4, 0.5) is 5.69 Å². The number of imidazole rings is 1. The van der Waals surface area contributed by atoms with Gasteiger partial charge in [-0.05, 0) is 24.3 Å². The Morgan fingerprint density at radius 2 is 2.03 bits per heavy atom. The standard InChI is InChI=1S/C21H24N4O6S/c1-24(2)16-7-8-20(32(29,30)23-15(13-26)11-21(27)28)19(12-16)31-10-9-25-14-22-17-5-3-4-6-18(17)25/h3-8,12-15,23H,9-11H2,1-2H3,(H,27,28). The Balaban J connectivity index is 1.84. The minimum Gasteiger partial charge on any atom is -0.490 e. The van der Waals surface area contributed by atoms with Gasteiger partial charge in [0.25, 0.3) is 0 Å². The normalized spacial score (nSPS) is 12.4. The van der Waals surface area contributed by atoms with Crippen molar-refractivity contribution in [1.82, 2.24) is 14.3 Å². The highest BCUT2D eigenvalue weighted by Gasteiger charge is 2.25. The Hall–Kier alpha value is -3.44. The van der Waals surface area contributed by atoms with Gasteiger partial charge in [-0.15, -0.1) is 0 Å². The minimum atomic E-state index is -4.22. The monoisotopic (exact) mass is 460 g/mol. The summed E-state index contributed by atoms with van der Waals surface area (Å²) in [4.78, 5) is 28.0. The molecule has 0 saturated carbocycles. The zero-order chi connectivity index (χ0) is 23.3. The lowest BCUT2D eigenvalue weighted by molar-refractivity contribution is -0.138. The molecule has 3 aromatic rings. The van der Waals surface area contributed by atoms with E-state index < -0.39 is 28.5 Å². The average molecular weight is 461 g/mol. The third-order valence-corrected chi connectivity index (χ3v) is 6.25. The maximum atomic E-state index is 12.9. The molecule has 170 valence electrons. The highest BCUT2D eigenvalue weighted by molar-refractivity contribution is 7.89. The van der Waals surface area contributed by atoms with Crippen molar-refractivity contribution in [3.8, 4) is 5.75 Å². The smallest absolute Gasteiger partial charge is 0.305 e. The maximum Gasteiger partial charge on any atom is 0.305 e. The van der Waals surface area contributed by atoms with Crippen LogP contribution in [0.15, 0.2) is 53.7 Å². The van der Waals surface area contributed by atoms with E-state index in [-0.39, 0.29) is 23.5 Å². The Morgan fingerprint density at radius 3 is 2.72 bits per heavy atom. The minimum absolute atomic E-state index is 0.0908. The van der Waals surface area contributed by atoms with Crippen LogP contribution in [-0.2, 0) is 26.2 Å². The molecule has 11 heteroatoms. The maximum absolute atomic E-state index is 12.9. The second-order valence-electron chi connectivity index (χ2n) is 7.26. The van der Waals surface area contributed by atoms with Crippen LogP contribution in [0.3, 0.4) is 0 Å². The summed E-state index contributed by atoms with van der Waals surface area (Å²) in [6, 6.07) is 10.8. The van der Waals surface area contributed by atoms with Crippen LogP contribution in [0.5, 0.6) is 5.75 Å². The van der Waals surface area contributed by atoms with Crippen LogP contribution in [0.1, 0.15) is 6.42 Å². The van der Waals surface area contributed by atoms with Gasteiger partial charge in [0.05, 0.1) is 36.4 Å². The fourth-order valence-corrected chi connectivity index (χ4v) is 4.41. The molecular formula is C21H24N4O6S. The summed E-state index contributed by atoms with van der Waals surface area (Å²) in [5.74, 6) is -1.20. The van der Waals surface area contributed by atoms with Crippen LogP contribution >= 0.6 is 0 Å². The van der Waals surface area contributed by atoms with Gasteiger partial charge >= 0.3 is 5.97 Å². The molecule has 10 nitrogen and oxygen atoms in total. The summed E-state index contributed by atoms with van der Waals surface area (Å²) in [6.07, 6.45) is 1.27. The number of sulfonamides is 1. The summed E-state index contributed by atoms with van der Waals surface area (Å²) in [5, 5.41) is 8.88. The van der Waals surface area contributed by atoms with Crippen molar-refractivity contribution in [2.75, 3.05) is 25.6 Å². The van der Waals surface area contributed by atoms with Crippen molar-refractivity contribution in [3.05, 3.63) is 48.8 Å². The first-order valence-corrected chi connectivity index (χ1v) is 11.2. The van der Waals surface area contributed by atoms with Gasteiger partial charge in [0.1, 0.15) is 23.5 Å². The highest BCUT2D eigenvalue weighted by atomic mass is 32.2. The molecule has 0 spiro atoms. The number of nitrogens with one attached hydrogen (secondary N) is 1. The number of carboxylic acids is 1. The predicted molar refractivity (Wildman–Crippen MR) is 118 cm³/mol. The predicted octanol–water partition coefficient (Wildman–Crippen LogP) is 1.50. The summed E-state index contributed by atoms with van der Waals surface area (Å²) in [7, 11) is -0.608. The molecule has 0 bridgehead atoms. The van der Waals surface area contributed by atoms with Crippen molar-refractivity contribution in [2.45, 2.75) is 23.9 Å². The molecule has 1 unspecified atom stereocenters. The van der Waals surface area contributed by atoms with Gasteiger partial charge in [-0.2, -0.15) is 0 Å². The van der Waals surface area contributed by atoms with E-state index in [9.17, 15) is 18.0 Å². The quantitative estimate of drug-likeness (QED) is 0.412. The van der Waals surface area contributed by atoms with E-state index in [1.54, 1.807) is 37.5 Å². The number of carboxylic acid groups (broad SMARTS) is 1. The van der Waals surface area contributed by atoms with Crippen LogP contribution in [0.2, 0.25) is 0 Å². The second kappa shape index (κ2) is 9.79. The fraction of sp³-hybridized carbons (Fsp3) is 0.286. The van der Waals surface area contributed by atoms with E-state index in [0.29, 0.717) is 12.2 Å². The van der Waals surface area contributed by atoms with Crippen molar-refractivity contribution in [1.29, 1.82) is 0 Å². The van der Waals surface area contributed by atoms with E-state index in [4.69, 9.17) is 9.84 Å². The first kappa shape index (κ1) is 23.2. The Bertz CT molecular complexity index is 1220. The second-order valence-corrected chi connectivity index (χ2v) is 8.94. The van der Waals surface area contributed by atoms with Crippen molar-refractivity contribution in [2.24, 2.45) is 0 Å². The summed E-state index contributed by atoms with van der Waals surface area (Å²) >= 11 is 0. The molecule has 0 fully saturated rings. The molecule has 0 aliphatic heterocycles.